The lowest BCUT2D eigenvalue weighted by molar-refractivity contribution is 0.0764. The van der Waals surface area contributed by atoms with Crippen molar-refractivity contribution in [1.82, 2.24) is 13.5 Å². The molecule has 24 heavy (non-hydrogen) atoms. The maximum Gasteiger partial charge on any atom is 0.281 e. The molecule has 0 bridgehead atoms. The fraction of sp³-hybridized carbons (Fsp3) is 0.562. The number of fused-ring (bicyclic) bond motifs is 1. The van der Waals surface area contributed by atoms with Crippen molar-refractivity contribution in [2.24, 2.45) is 0 Å². The molecule has 8 heteroatoms. The molecule has 0 aromatic heterocycles. The summed E-state index contributed by atoms with van der Waals surface area (Å²) in [5.74, 6) is 0.805. The van der Waals surface area contributed by atoms with E-state index < -0.39 is 10.2 Å². The molecule has 2 aliphatic heterocycles. The van der Waals surface area contributed by atoms with E-state index in [-0.39, 0.29) is 5.91 Å². The van der Waals surface area contributed by atoms with Gasteiger partial charge in [-0.15, -0.1) is 0 Å². The number of rotatable bonds is 3. The lowest BCUT2D eigenvalue weighted by Crippen LogP contribution is -2.42. The maximum absolute atomic E-state index is 12.7. The van der Waals surface area contributed by atoms with E-state index in [0.717, 1.165) is 17.7 Å². The number of ether oxygens (including phenoxy) is 1. The molecule has 1 amide bonds. The fourth-order valence-electron chi connectivity index (χ4n) is 3.06. The first-order chi connectivity index (χ1) is 11.4. The van der Waals surface area contributed by atoms with Gasteiger partial charge in [0.25, 0.3) is 16.1 Å². The molecule has 0 N–H and O–H groups in total. The molecule has 2 aliphatic rings. The second-order valence-corrected chi connectivity index (χ2v) is 8.40. The summed E-state index contributed by atoms with van der Waals surface area (Å²) >= 11 is 0. The quantitative estimate of drug-likeness (QED) is 0.797. The summed E-state index contributed by atoms with van der Waals surface area (Å²) < 4.78 is 32.6. The highest BCUT2D eigenvalue weighted by molar-refractivity contribution is 7.86. The summed E-state index contributed by atoms with van der Waals surface area (Å²) in [7, 11) is -0.386. The van der Waals surface area contributed by atoms with Gasteiger partial charge in [-0.1, -0.05) is 0 Å². The minimum absolute atomic E-state index is 0.0474. The topological polar surface area (TPSA) is 70.2 Å². The molecule has 0 saturated carbocycles. The molecular weight excluding hydrogens is 330 g/mol. The molecular formula is C16H23N3O4S. The van der Waals surface area contributed by atoms with Crippen LogP contribution in [-0.4, -0.2) is 74.7 Å². The van der Waals surface area contributed by atoms with Crippen molar-refractivity contribution < 1.29 is 17.9 Å². The van der Waals surface area contributed by atoms with Gasteiger partial charge in [0.1, 0.15) is 5.75 Å². The molecule has 0 aliphatic carbocycles. The van der Waals surface area contributed by atoms with E-state index in [1.165, 1.54) is 22.7 Å². The van der Waals surface area contributed by atoms with E-state index in [1.807, 2.05) is 12.1 Å². The van der Waals surface area contributed by atoms with Crippen LogP contribution in [0.2, 0.25) is 0 Å². The molecule has 1 saturated heterocycles. The second kappa shape index (κ2) is 6.70. The third kappa shape index (κ3) is 3.26. The van der Waals surface area contributed by atoms with Crippen molar-refractivity contribution in [3.05, 3.63) is 29.3 Å². The van der Waals surface area contributed by atoms with Crippen LogP contribution in [0.1, 0.15) is 22.3 Å². The SMILES string of the molecule is CN(C)S(=O)(=O)N1CCCN(C(=O)c2ccc3c(c2)CCO3)CC1. The molecule has 0 unspecified atom stereocenters. The van der Waals surface area contributed by atoms with Crippen LogP contribution in [0.25, 0.3) is 0 Å². The minimum Gasteiger partial charge on any atom is -0.493 e. The van der Waals surface area contributed by atoms with Crippen molar-refractivity contribution in [2.75, 3.05) is 46.9 Å². The van der Waals surface area contributed by atoms with Crippen LogP contribution in [0, 0.1) is 0 Å². The van der Waals surface area contributed by atoms with Crippen LogP contribution < -0.4 is 4.74 Å². The summed E-state index contributed by atoms with van der Waals surface area (Å²) in [5.41, 5.74) is 1.70. The van der Waals surface area contributed by atoms with Gasteiger partial charge in [-0.3, -0.25) is 4.79 Å². The molecule has 0 spiro atoms. The van der Waals surface area contributed by atoms with E-state index in [2.05, 4.69) is 0 Å². The average Bonchev–Trinajstić information content (AvgIpc) is 2.87. The number of carbonyl (C=O) groups excluding carboxylic acids is 1. The molecule has 3 rings (SSSR count). The van der Waals surface area contributed by atoms with E-state index in [9.17, 15) is 13.2 Å². The summed E-state index contributed by atoms with van der Waals surface area (Å²) in [6.45, 7) is 2.38. The molecule has 7 nitrogen and oxygen atoms in total. The normalized spacial score (nSPS) is 19.0. The van der Waals surface area contributed by atoms with Crippen LogP contribution in [-0.2, 0) is 16.6 Å². The Bertz CT molecular complexity index is 733. The van der Waals surface area contributed by atoms with Gasteiger partial charge in [0.05, 0.1) is 6.61 Å². The monoisotopic (exact) mass is 353 g/mol. The second-order valence-electron chi connectivity index (χ2n) is 6.26. The van der Waals surface area contributed by atoms with Crippen LogP contribution >= 0.6 is 0 Å². The van der Waals surface area contributed by atoms with Crippen molar-refractivity contribution >= 4 is 16.1 Å². The number of hydrogen-bond donors (Lipinski definition) is 0. The van der Waals surface area contributed by atoms with Crippen molar-refractivity contribution in [1.29, 1.82) is 0 Å². The number of benzene rings is 1. The minimum atomic E-state index is -3.43. The average molecular weight is 353 g/mol. The Morgan fingerprint density at radius 1 is 1.17 bits per heavy atom. The van der Waals surface area contributed by atoms with Gasteiger partial charge in [-0.05, 0) is 30.2 Å². The maximum atomic E-state index is 12.7. The van der Waals surface area contributed by atoms with Gasteiger partial charge in [0, 0.05) is 52.3 Å². The van der Waals surface area contributed by atoms with Gasteiger partial charge in [-0.25, -0.2) is 0 Å². The first-order valence-electron chi connectivity index (χ1n) is 8.12. The summed E-state index contributed by atoms with van der Waals surface area (Å²) in [6, 6.07) is 5.52. The fourth-order valence-corrected chi connectivity index (χ4v) is 4.19. The summed E-state index contributed by atoms with van der Waals surface area (Å²) in [6.07, 6.45) is 1.46. The van der Waals surface area contributed by atoms with E-state index in [4.69, 9.17) is 4.74 Å². The largest absolute Gasteiger partial charge is 0.493 e. The smallest absolute Gasteiger partial charge is 0.281 e. The third-order valence-electron chi connectivity index (χ3n) is 4.47. The third-order valence-corrected chi connectivity index (χ3v) is 6.41. The Hall–Kier alpha value is -1.64. The predicted molar refractivity (Wildman–Crippen MR) is 90.3 cm³/mol. The highest BCUT2D eigenvalue weighted by Crippen LogP contribution is 2.26. The number of carbonyl (C=O) groups is 1. The lowest BCUT2D eigenvalue weighted by atomic mass is 10.1. The Balaban J connectivity index is 1.71. The zero-order valence-corrected chi connectivity index (χ0v) is 14.9. The zero-order chi connectivity index (χ0) is 17.3. The molecule has 132 valence electrons. The Morgan fingerprint density at radius 3 is 2.71 bits per heavy atom. The standard InChI is InChI=1S/C16H23N3O4S/c1-17(2)24(21,22)19-8-3-7-18(9-10-19)16(20)14-4-5-15-13(12-14)6-11-23-15/h4-5,12H,3,6-11H2,1-2H3. The molecule has 0 radical (unpaired) electrons. The molecule has 0 atom stereocenters. The van der Waals surface area contributed by atoms with Gasteiger partial charge in [0.2, 0.25) is 0 Å². The van der Waals surface area contributed by atoms with Gasteiger partial charge in [0.15, 0.2) is 0 Å². The zero-order valence-electron chi connectivity index (χ0n) is 14.1. The summed E-state index contributed by atoms with van der Waals surface area (Å²) in [4.78, 5) is 14.5. The van der Waals surface area contributed by atoms with Gasteiger partial charge < -0.3 is 9.64 Å². The number of nitrogens with zero attached hydrogens (tertiary/aromatic N) is 3. The van der Waals surface area contributed by atoms with E-state index in [0.29, 0.717) is 44.8 Å². The van der Waals surface area contributed by atoms with E-state index >= 15 is 0 Å². The highest BCUT2D eigenvalue weighted by Gasteiger charge is 2.29. The van der Waals surface area contributed by atoms with Gasteiger partial charge in [-0.2, -0.15) is 17.0 Å². The number of hydrogen-bond acceptors (Lipinski definition) is 4. The van der Waals surface area contributed by atoms with Crippen molar-refractivity contribution in [2.45, 2.75) is 12.8 Å². The van der Waals surface area contributed by atoms with Crippen LogP contribution in [0.4, 0.5) is 0 Å². The molecule has 1 fully saturated rings. The predicted octanol–water partition coefficient (Wildman–Crippen LogP) is 0.576. The Labute approximate surface area is 143 Å². The van der Waals surface area contributed by atoms with Crippen molar-refractivity contribution in [3.63, 3.8) is 0 Å². The first kappa shape index (κ1) is 17.2. The number of amides is 1. The lowest BCUT2D eigenvalue weighted by Gasteiger charge is -2.24. The van der Waals surface area contributed by atoms with Gasteiger partial charge >= 0.3 is 0 Å². The van der Waals surface area contributed by atoms with E-state index in [1.54, 1.807) is 11.0 Å². The summed E-state index contributed by atoms with van der Waals surface area (Å²) in [5, 5.41) is 0. The molecule has 2 heterocycles. The molecule has 1 aromatic carbocycles. The first-order valence-corrected chi connectivity index (χ1v) is 9.52. The highest BCUT2D eigenvalue weighted by atomic mass is 32.2. The van der Waals surface area contributed by atoms with Crippen LogP contribution in [0.5, 0.6) is 5.75 Å². The van der Waals surface area contributed by atoms with Crippen LogP contribution in [0.3, 0.4) is 0 Å². The molecule has 1 aromatic rings. The van der Waals surface area contributed by atoms with Crippen molar-refractivity contribution in [3.8, 4) is 5.75 Å². The Kier molecular flexibility index (Phi) is 4.80. The van der Waals surface area contributed by atoms with Crippen LogP contribution in [0.15, 0.2) is 18.2 Å². The Morgan fingerprint density at radius 2 is 1.96 bits per heavy atom.